The molecule has 0 radical (unpaired) electrons. The van der Waals surface area contributed by atoms with E-state index in [1.54, 1.807) is 0 Å². The first-order chi connectivity index (χ1) is 7.25. The molecule has 2 nitrogen and oxygen atoms in total. The molecule has 0 spiro atoms. The summed E-state index contributed by atoms with van der Waals surface area (Å²) in [6.07, 6.45) is 2.77. The van der Waals surface area contributed by atoms with Crippen molar-refractivity contribution in [3.05, 3.63) is 35.4 Å². The van der Waals surface area contributed by atoms with Crippen LogP contribution >= 0.6 is 11.8 Å². The summed E-state index contributed by atoms with van der Waals surface area (Å²) in [6.45, 7) is 0. The molecule has 0 bridgehead atoms. The van der Waals surface area contributed by atoms with Crippen molar-refractivity contribution in [1.29, 1.82) is 0 Å². The highest BCUT2D eigenvalue weighted by molar-refractivity contribution is 7.99. The lowest BCUT2D eigenvalue weighted by atomic mass is 10.1. The molecule has 2 N–H and O–H groups in total. The van der Waals surface area contributed by atoms with Crippen LogP contribution in [0.25, 0.3) is 0 Å². The van der Waals surface area contributed by atoms with Crippen LogP contribution in [0.5, 0.6) is 0 Å². The molecule has 1 aromatic rings. The van der Waals surface area contributed by atoms with E-state index in [0.717, 1.165) is 18.6 Å². The highest BCUT2D eigenvalue weighted by Gasteiger charge is 2.20. The van der Waals surface area contributed by atoms with Gasteiger partial charge in [-0.15, -0.1) is 0 Å². The predicted octanol–water partition coefficient (Wildman–Crippen LogP) is 1.76. The Labute approximate surface area is 94.2 Å². The molecular formula is C12H15NOS. The minimum atomic E-state index is -0.196. The molecule has 0 aromatic heterocycles. The molecule has 0 atom stereocenters. The Kier molecular flexibility index (Phi) is 3.31. The van der Waals surface area contributed by atoms with Crippen LogP contribution in [0.15, 0.2) is 24.3 Å². The van der Waals surface area contributed by atoms with Gasteiger partial charge in [-0.2, -0.15) is 11.8 Å². The van der Waals surface area contributed by atoms with E-state index in [-0.39, 0.29) is 5.91 Å². The summed E-state index contributed by atoms with van der Waals surface area (Å²) in [5.74, 6) is 0.659. The molecule has 1 aliphatic rings. The van der Waals surface area contributed by atoms with Crippen LogP contribution in [0.3, 0.4) is 0 Å². The molecule has 1 aliphatic carbocycles. The number of carbonyl (C=O) groups is 1. The standard InChI is InChI=1S/C12H15NOS/c13-12(14)5-6-15-11-7-9-3-1-2-4-10(9)8-11/h1-4,11H,5-8H2,(H2,13,14). The Morgan fingerprint density at radius 1 is 1.33 bits per heavy atom. The average molecular weight is 221 g/mol. The van der Waals surface area contributed by atoms with Crippen LogP contribution in [-0.4, -0.2) is 16.9 Å². The number of carbonyl (C=O) groups excluding carboxylic acids is 1. The van der Waals surface area contributed by atoms with E-state index in [0.29, 0.717) is 11.7 Å². The molecule has 0 heterocycles. The van der Waals surface area contributed by atoms with Crippen LogP contribution in [0.4, 0.5) is 0 Å². The molecule has 1 amide bonds. The van der Waals surface area contributed by atoms with Gasteiger partial charge in [0.05, 0.1) is 0 Å². The SMILES string of the molecule is NC(=O)CCSC1Cc2ccccc2C1. The van der Waals surface area contributed by atoms with Gasteiger partial charge in [-0.1, -0.05) is 24.3 Å². The molecule has 2 rings (SSSR count). The second kappa shape index (κ2) is 4.71. The topological polar surface area (TPSA) is 43.1 Å². The maximum absolute atomic E-state index is 10.6. The summed E-state index contributed by atoms with van der Waals surface area (Å²) in [5.41, 5.74) is 8.04. The van der Waals surface area contributed by atoms with Gasteiger partial charge in [-0.25, -0.2) is 0 Å². The van der Waals surface area contributed by atoms with Gasteiger partial charge in [0.2, 0.25) is 5.91 Å². The Hall–Kier alpha value is -0.960. The summed E-state index contributed by atoms with van der Waals surface area (Å²) in [4.78, 5) is 10.6. The lowest BCUT2D eigenvalue weighted by molar-refractivity contribution is -0.117. The van der Waals surface area contributed by atoms with Gasteiger partial charge in [0.25, 0.3) is 0 Å². The molecule has 0 aliphatic heterocycles. The van der Waals surface area contributed by atoms with Crippen LogP contribution in [0.1, 0.15) is 17.5 Å². The Balaban J connectivity index is 1.83. The fourth-order valence-electron chi connectivity index (χ4n) is 1.96. The van der Waals surface area contributed by atoms with Gasteiger partial charge in [-0.3, -0.25) is 4.79 Å². The van der Waals surface area contributed by atoms with Crippen molar-refractivity contribution in [3.8, 4) is 0 Å². The average Bonchev–Trinajstić information content (AvgIpc) is 2.59. The molecule has 0 unspecified atom stereocenters. The third-order valence-electron chi connectivity index (χ3n) is 2.72. The number of thioether (sulfide) groups is 1. The first-order valence-electron chi connectivity index (χ1n) is 5.22. The minimum Gasteiger partial charge on any atom is -0.370 e. The van der Waals surface area contributed by atoms with Crippen LogP contribution in [0.2, 0.25) is 0 Å². The van der Waals surface area contributed by atoms with Crippen molar-refractivity contribution >= 4 is 17.7 Å². The molecule has 0 fully saturated rings. The summed E-state index contributed by atoms with van der Waals surface area (Å²) >= 11 is 1.87. The molecule has 1 aromatic carbocycles. The number of hydrogen-bond donors (Lipinski definition) is 1. The molecule has 3 heteroatoms. The first-order valence-corrected chi connectivity index (χ1v) is 6.27. The number of rotatable bonds is 4. The van der Waals surface area contributed by atoms with Crippen molar-refractivity contribution < 1.29 is 4.79 Å². The van der Waals surface area contributed by atoms with Crippen LogP contribution in [0, 0.1) is 0 Å². The highest BCUT2D eigenvalue weighted by Crippen LogP contribution is 2.29. The van der Waals surface area contributed by atoms with E-state index in [9.17, 15) is 4.79 Å². The van der Waals surface area contributed by atoms with E-state index in [4.69, 9.17) is 5.73 Å². The largest absolute Gasteiger partial charge is 0.370 e. The van der Waals surface area contributed by atoms with Crippen molar-refractivity contribution in [2.24, 2.45) is 5.73 Å². The van der Waals surface area contributed by atoms with Crippen LogP contribution in [-0.2, 0) is 17.6 Å². The summed E-state index contributed by atoms with van der Waals surface area (Å²) < 4.78 is 0. The van der Waals surface area contributed by atoms with Crippen LogP contribution < -0.4 is 5.73 Å². The van der Waals surface area contributed by atoms with Gasteiger partial charge in [0.1, 0.15) is 0 Å². The summed E-state index contributed by atoms with van der Waals surface area (Å²) in [5, 5.41) is 0.641. The van der Waals surface area contributed by atoms with Crippen molar-refractivity contribution in [1.82, 2.24) is 0 Å². The van der Waals surface area contributed by atoms with E-state index >= 15 is 0 Å². The molecule has 15 heavy (non-hydrogen) atoms. The van der Waals surface area contributed by atoms with Crippen molar-refractivity contribution in [2.75, 3.05) is 5.75 Å². The van der Waals surface area contributed by atoms with Gasteiger partial charge >= 0.3 is 0 Å². The Bertz CT molecular complexity index is 339. The lowest BCUT2D eigenvalue weighted by Crippen LogP contribution is -2.12. The quantitative estimate of drug-likeness (QED) is 0.842. The van der Waals surface area contributed by atoms with Crippen molar-refractivity contribution in [2.45, 2.75) is 24.5 Å². The number of nitrogens with two attached hydrogens (primary N) is 1. The molecule has 80 valence electrons. The molecule has 0 saturated carbocycles. The fraction of sp³-hybridized carbons (Fsp3) is 0.417. The number of hydrogen-bond acceptors (Lipinski definition) is 2. The van der Waals surface area contributed by atoms with Gasteiger partial charge < -0.3 is 5.73 Å². The monoisotopic (exact) mass is 221 g/mol. The summed E-state index contributed by atoms with van der Waals surface area (Å²) in [6, 6.07) is 8.58. The van der Waals surface area contributed by atoms with E-state index in [2.05, 4.69) is 24.3 Å². The fourth-order valence-corrected chi connectivity index (χ4v) is 3.21. The highest BCUT2D eigenvalue weighted by atomic mass is 32.2. The van der Waals surface area contributed by atoms with E-state index in [1.807, 2.05) is 11.8 Å². The number of benzene rings is 1. The third-order valence-corrected chi connectivity index (χ3v) is 3.96. The maximum Gasteiger partial charge on any atom is 0.218 e. The zero-order chi connectivity index (χ0) is 10.7. The minimum absolute atomic E-state index is 0.196. The zero-order valence-corrected chi connectivity index (χ0v) is 9.43. The van der Waals surface area contributed by atoms with Gasteiger partial charge in [0.15, 0.2) is 0 Å². The smallest absolute Gasteiger partial charge is 0.218 e. The Morgan fingerprint density at radius 2 is 1.93 bits per heavy atom. The second-order valence-corrected chi connectivity index (χ2v) is 5.29. The predicted molar refractivity (Wildman–Crippen MR) is 63.9 cm³/mol. The lowest BCUT2D eigenvalue weighted by Gasteiger charge is -2.06. The third kappa shape index (κ3) is 2.75. The van der Waals surface area contributed by atoms with Crippen molar-refractivity contribution in [3.63, 3.8) is 0 Å². The number of primary amides is 1. The molecule has 0 saturated heterocycles. The Morgan fingerprint density at radius 3 is 2.47 bits per heavy atom. The first kappa shape index (κ1) is 10.6. The van der Waals surface area contributed by atoms with E-state index < -0.39 is 0 Å². The van der Waals surface area contributed by atoms with E-state index in [1.165, 1.54) is 11.1 Å². The van der Waals surface area contributed by atoms with Gasteiger partial charge in [0, 0.05) is 17.4 Å². The maximum atomic E-state index is 10.6. The zero-order valence-electron chi connectivity index (χ0n) is 8.61. The number of fused-ring (bicyclic) bond motifs is 1. The summed E-state index contributed by atoms with van der Waals surface area (Å²) in [7, 11) is 0. The second-order valence-electron chi connectivity index (χ2n) is 3.89. The normalized spacial score (nSPS) is 15.2. The number of amides is 1. The van der Waals surface area contributed by atoms with Gasteiger partial charge in [-0.05, 0) is 24.0 Å². The molecular weight excluding hydrogens is 206 g/mol.